The molecule has 0 aliphatic carbocycles. The molecule has 0 aliphatic rings. The molecule has 382 valence electrons. The van der Waals surface area contributed by atoms with E-state index in [-0.39, 0.29) is 75.3 Å². The third-order valence-electron chi connectivity index (χ3n) is 14.6. The molecule has 0 aliphatic heterocycles. The Morgan fingerprint density at radius 1 is 0.743 bits per heavy atom. The predicted molar refractivity (Wildman–Crippen MR) is 280 cm³/mol. The molecule has 15 heteroatoms. The highest BCUT2D eigenvalue weighted by molar-refractivity contribution is 6.99. The fraction of sp³-hybridized carbons (Fsp3) is 0.545. The van der Waals surface area contributed by atoms with E-state index in [4.69, 9.17) is 31.6 Å². The molecule has 0 fully saturated rings. The Hall–Kier alpha value is -4.62. The predicted octanol–water partition coefficient (Wildman–Crippen LogP) is 11.2. The summed E-state index contributed by atoms with van der Waals surface area (Å²) in [6.45, 7) is 27.0. The summed E-state index contributed by atoms with van der Waals surface area (Å²) in [5.74, 6) is 0.365. The number of aliphatic hydroxyl groups is 1. The molecule has 0 spiro atoms. The van der Waals surface area contributed by atoms with Crippen molar-refractivity contribution >= 4 is 45.2 Å². The normalized spacial score (nSPS) is 16.4. The smallest absolute Gasteiger partial charge is 0.261 e. The van der Waals surface area contributed by atoms with Crippen molar-refractivity contribution in [2.75, 3.05) is 20.8 Å². The summed E-state index contributed by atoms with van der Waals surface area (Å²) >= 11 is 0. The molecular weight excluding hydrogens is 919 g/mol. The number of Topliss-reactive ketones (excluding diaryl/α,β-unsaturated/α-hetero) is 1. The highest BCUT2D eigenvalue weighted by Gasteiger charge is 2.50. The molecular formula is C55H79N3O10Si2. The number of hydrogen-bond acceptors (Lipinski definition) is 13. The largest absolute Gasteiger partial charge is 0.444 e. The standard InChI is InChI=1S/C55H79N3O10Si2/c1-37(49(63-12)32-47(61)39(3)48(62-11)26-21-27-50-57-44(35-64-50)53-58-45(36-66-53)52-56-41(33-59)34-65-52)28-29-46(60)40(4)51(68-69(13,14)54(5,6)7)38(2)30-31-67-70(55(8,9)10,42-22-17-15-18-23-42)43-24-19-16-20-25-43/h15-25,27,33-40,47-49,51,61H,26,28-32H2,1-14H3/b27-21+/t37-,38+,39+,40-,47+,48+,49+,51+/m0/s1. The Morgan fingerprint density at radius 2 is 1.31 bits per heavy atom. The fourth-order valence-electron chi connectivity index (χ4n) is 9.02. The van der Waals surface area contributed by atoms with Gasteiger partial charge in [-0.3, -0.25) is 9.59 Å². The van der Waals surface area contributed by atoms with Gasteiger partial charge in [-0.15, -0.1) is 0 Å². The number of carbonyl (C=O) groups is 2. The maximum Gasteiger partial charge on any atom is 0.261 e. The molecule has 8 atom stereocenters. The Balaban J connectivity index is 1.19. The number of aldehydes is 1. The lowest BCUT2D eigenvalue weighted by molar-refractivity contribution is -0.127. The molecule has 0 bridgehead atoms. The Bertz CT molecular complexity index is 2360. The SMILES string of the molecule is CO[C@H](C/C=C/c1nc(-c2nc(-c3nc(C=O)co3)co2)co1)[C@H](C)[C@H](O)C[C@@H](OC)[C@@H](C)CCC(=O)[C@H](C)[C@H](O[Si](C)(C)C(C)(C)C)[C@H](C)CCO[Si](c1ccccc1)(c1ccccc1)C(C)(C)C. The van der Waals surface area contributed by atoms with E-state index in [0.29, 0.717) is 55.9 Å². The van der Waals surface area contributed by atoms with Gasteiger partial charge in [-0.1, -0.05) is 136 Å². The van der Waals surface area contributed by atoms with Gasteiger partial charge in [0.05, 0.1) is 24.4 Å². The van der Waals surface area contributed by atoms with Crippen LogP contribution >= 0.6 is 0 Å². The minimum Gasteiger partial charge on any atom is -0.444 e. The van der Waals surface area contributed by atoms with Crippen LogP contribution in [0.25, 0.3) is 29.2 Å². The number of ether oxygens (including phenoxy) is 2. The maximum atomic E-state index is 14.3. The highest BCUT2D eigenvalue weighted by atomic mass is 28.4. The number of benzene rings is 2. The summed E-state index contributed by atoms with van der Waals surface area (Å²) < 4.78 is 42.8. The molecule has 0 amide bonds. The molecule has 0 saturated heterocycles. The van der Waals surface area contributed by atoms with Crippen LogP contribution in [0.3, 0.4) is 0 Å². The first-order chi connectivity index (χ1) is 33.1. The van der Waals surface area contributed by atoms with Gasteiger partial charge in [0.2, 0.25) is 17.7 Å². The lowest BCUT2D eigenvalue weighted by Gasteiger charge is -2.44. The summed E-state index contributed by atoms with van der Waals surface area (Å²) in [4.78, 5) is 38.2. The zero-order valence-electron chi connectivity index (χ0n) is 44.1. The van der Waals surface area contributed by atoms with Crippen molar-refractivity contribution in [2.45, 2.75) is 149 Å². The van der Waals surface area contributed by atoms with Gasteiger partial charge < -0.3 is 36.7 Å². The van der Waals surface area contributed by atoms with Gasteiger partial charge in [0.25, 0.3) is 8.32 Å². The van der Waals surface area contributed by atoms with E-state index in [0.717, 1.165) is 6.42 Å². The van der Waals surface area contributed by atoms with E-state index in [1.807, 2.05) is 19.9 Å². The Labute approximate surface area is 418 Å². The van der Waals surface area contributed by atoms with Crippen molar-refractivity contribution in [1.29, 1.82) is 0 Å². The molecule has 5 aromatic rings. The lowest BCUT2D eigenvalue weighted by Crippen LogP contribution is -2.66. The zero-order valence-corrected chi connectivity index (χ0v) is 46.1. The first kappa shape index (κ1) is 56.3. The number of carbonyl (C=O) groups excluding carboxylic acids is 2. The van der Waals surface area contributed by atoms with E-state index >= 15 is 0 Å². The van der Waals surface area contributed by atoms with Crippen LogP contribution in [0.2, 0.25) is 23.2 Å². The van der Waals surface area contributed by atoms with Gasteiger partial charge in [-0.05, 0) is 70.7 Å². The fourth-order valence-corrected chi connectivity index (χ4v) is 15.1. The Kier molecular flexibility index (Phi) is 19.8. The zero-order chi connectivity index (χ0) is 51.4. The third kappa shape index (κ3) is 13.9. The minimum absolute atomic E-state index is 0.00374. The van der Waals surface area contributed by atoms with Crippen LogP contribution in [0.5, 0.6) is 0 Å². The monoisotopic (exact) mass is 998 g/mol. The number of oxazole rings is 3. The minimum atomic E-state index is -2.74. The first-order valence-electron chi connectivity index (χ1n) is 24.7. The molecule has 3 heterocycles. The van der Waals surface area contributed by atoms with E-state index in [9.17, 15) is 14.7 Å². The van der Waals surface area contributed by atoms with Crippen LogP contribution in [-0.2, 0) is 23.1 Å². The van der Waals surface area contributed by atoms with Crippen molar-refractivity contribution in [3.63, 3.8) is 0 Å². The van der Waals surface area contributed by atoms with Crippen LogP contribution < -0.4 is 10.4 Å². The second-order valence-corrected chi connectivity index (χ2v) is 30.6. The number of hydrogen-bond donors (Lipinski definition) is 1. The molecule has 0 radical (unpaired) electrons. The summed E-state index contributed by atoms with van der Waals surface area (Å²) in [7, 11) is -1.72. The van der Waals surface area contributed by atoms with E-state index in [2.05, 4.69) is 144 Å². The van der Waals surface area contributed by atoms with Gasteiger partial charge in [-0.25, -0.2) is 15.0 Å². The summed E-state index contributed by atoms with van der Waals surface area (Å²) in [6.07, 6.45) is 9.27. The number of methoxy groups -OCH3 is 2. The lowest BCUT2D eigenvalue weighted by atomic mass is 9.84. The summed E-state index contributed by atoms with van der Waals surface area (Å²) in [5, 5.41) is 13.9. The molecule has 0 unspecified atom stereocenters. The quantitative estimate of drug-likeness (QED) is 0.0390. The van der Waals surface area contributed by atoms with Crippen molar-refractivity contribution in [2.24, 2.45) is 23.7 Å². The molecule has 3 aromatic heterocycles. The van der Waals surface area contributed by atoms with Crippen molar-refractivity contribution < 1.29 is 46.3 Å². The van der Waals surface area contributed by atoms with Crippen molar-refractivity contribution in [1.82, 2.24) is 15.0 Å². The first-order valence-corrected chi connectivity index (χ1v) is 29.6. The van der Waals surface area contributed by atoms with Gasteiger partial charge in [0.1, 0.15) is 30.3 Å². The van der Waals surface area contributed by atoms with Gasteiger partial charge in [-0.2, -0.15) is 0 Å². The molecule has 1 N–H and O–H groups in total. The van der Waals surface area contributed by atoms with Gasteiger partial charge in [0.15, 0.2) is 26.0 Å². The average molecular weight is 998 g/mol. The molecule has 70 heavy (non-hydrogen) atoms. The summed E-state index contributed by atoms with van der Waals surface area (Å²) in [5.41, 5.74) is 0.844. The van der Waals surface area contributed by atoms with Crippen LogP contribution in [0, 0.1) is 23.7 Å². The molecule has 0 saturated carbocycles. The number of ketones is 1. The number of aliphatic hydroxyl groups excluding tert-OH is 1. The summed E-state index contributed by atoms with van der Waals surface area (Å²) in [6, 6.07) is 21.4. The van der Waals surface area contributed by atoms with E-state index in [1.54, 1.807) is 20.3 Å². The second-order valence-electron chi connectivity index (χ2n) is 21.5. The van der Waals surface area contributed by atoms with Gasteiger partial charge in [0, 0.05) is 45.5 Å². The van der Waals surface area contributed by atoms with E-state index in [1.165, 1.54) is 29.2 Å². The van der Waals surface area contributed by atoms with Crippen LogP contribution in [-0.4, -0.2) is 94.0 Å². The Morgan fingerprint density at radius 3 is 1.87 bits per heavy atom. The highest BCUT2D eigenvalue weighted by Crippen LogP contribution is 2.41. The van der Waals surface area contributed by atoms with Gasteiger partial charge >= 0.3 is 0 Å². The molecule has 13 nitrogen and oxygen atoms in total. The van der Waals surface area contributed by atoms with Crippen LogP contribution in [0.15, 0.2) is 98.8 Å². The van der Waals surface area contributed by atoms with Crippen molar-refractivity contribution in [3.8, 4) is 23.2 Å². The number of rotatable bonds is 27. The average Bonchev–Trinajstić information content (AvgIpc) is 4.13. The van der Waals surface area contributed by atoms with Crippen molar-refractivity contribution in [3.05, 3.63) is 97.1 Å². The van der Waals surface area contributed by atoms with Crippen LogP contribution in [0.1, 0.15) is 118 Å². The van der Waals surface area contributed by atoms with Crippen LogP contribution in [0.4, 0.5) is 0 Å². The second kappa shape index (κ2) is 24.7. The molecule has 5 rings (SSSR count). The molecule has 2 aromatic carbocycles. The third-order valence-corrected chi connectivity index (χ3v) is 24.1. The topological polar surface area (TPSA) is 169 Å². The van der Waals surface area contributed by atoms with E-state index < -0.39 is 22.7 Å². The number of nitrogens with zero attached hydrogens (tertiary/aromatic N) is 3. The maximum absolute atomic E-state index is 14.3. The number of aromatic nitrogens is 3.